The summed E-state index contributed by atoms with van der Waals surface area (Å²) >= 11 is 8.55. The third-order valence-corrected chi connectivity index (χ3v) is 5.66. The number of hydrogen-bond acceptors (Lipinski definition) is 8. The Bertz CT molecular complexity index is 858. The van der Waals surface area contributed by atoms with Crippen LogP contribution in [0, 0.1) is 10.1 Å². The van der Waals surface area contributed by atoms with Crippen LogP contribution in [0.2, 0.25) is 5.02 Å². The zero-order valence-electron chi connectivity index (χ0n) is 14.4. The molecule has 1 unspecified atom stereocenters. The summed E-state index contributed by atoms with van der Waals surface area (Å²) in [4.78, 5) is 38.3. The first-order valence-corrected chi connectivity index (χ1v) is 9.95. The molecule has 0 bridgehead atoms. The van der Waals surface area contributed by atoms with E-state index in [1.54, 1.807) is 19.2 Å². The molecule has 1 aromatic carbocycles. The lowest BCUT2D eigenvalue weighted by atomic mass is 10.2. The van der Waals surface area contributed by atoms with Crippen molar-refractivity contribution in [1.82, 2.24) is 4.98 Å². The number of amides is 1. The molecule has 0 fully saturated rings. The molecule has 0 spiro atoms. The Hall–Kier alpha value is -2.17. The molecule has 0 radical (unpaired) electrons. The number of esters is 1. The quantitative estimate of drug-likeness (QED) is 0.293. The zero-order chi connectivity index (χ0) is 20.0. The van der Waals surface area contributed by atoms with E-state index >= 15 is 0 Å². The average molecular weight is 430 g/mol. The number of benzene rings is 1. The van der Waals surface area contributed by atoms with Crippen LogP contribution >= 0.6 is 34.7 Å². The van der Waals surface area contributed by atoms with Gasteiger partial charge in [0, 0.05) is 17.5 Å². The first-order chi connectivity index (χ1) is 12.8. The molecule has 0 aliphatic heterocycles. The molecule has 2 rings (SSSR count). The van der Waals surface area contributed by atoms with Gasteiger partial charge in [-0.2, -0.15) is 0 Å². The number of carbonyl (C=O) groups is 2. The van der Waals surface area contributed by atoms with Gasteiger partial charge in [0.15, 0.2) is 4.34 Å². The van der Waals surface area contributed by atoms with Crippen LogP contribution in [0.3, 0.4) is 0 Å². The summed E-state index contributed by atoms with van der Waals surface area (Å²) in [6.45, 7) is 3.75. The number of rotatable bonds is 8. The van der Waals surface area contributed by atoms with E-state index in [1.165, 1.54) is 41.3 Å². The number of anilines is 1. The summed E-state index contributed by atoms with van der Waals surface area (Å²) in [5.74, 6) is -0.671. The predicted molar refractivity (Wildman–Crippen MR) is 105 cm³/mol. The molecule has 1 atom stereocenters. The highest BCUT2D eigenvalue weighted by atomic mass is 35.5. The van der Waals surface area contributed by atoms with Crippen molar-refractivity contribution >= 4 is 58.0 Å². The van der Waals surface area contributed by atoms with Crippen molar-refractivity contribution in [1.29, 1.82) is 0 Å². The Labute approximate surface area is 168 Å². The molecule has 0 saturated carbocycles. The summed E-state index contributed by atoms with van der Waals surface area (Å²) < 4.78 is 5.52. The van der Waals surface area contributed by atoms with Gasteiger partial charge in [0.05, 0.1) is 39.6 Å². The summed E-state index contributed by atoms with van der Waals surface area (Å²) in [5, 5.41) is 14.7. The molecule has 1 aromatic heterocycles. The van der Waals surface area contributed by atoms with Gasteiger partial charge in [0.2, 0.25) is 5.91 Å². The number of nitrogens with one attached hydrogen (secondary N) is 1. The number of nitro benzene ring substituents is 1. The Kier molecular flexibility index (Phi) is 7.57. The van der Waals surface area contributed by atoms with E-state index in [-0.39, 0.29) is 29.0 Å². The molecule has 8 nitrogen and oxygen atoms in total. The zero-order valence-corrected chi connectivity index (χ0v) is 16.8. The highest BCUT2D eigenvalue weighted by molar-refractivity contribution is 8.02. The van der Waals surface area contributed by atoms with Gasteiger partial charge in [-0.25, -0.2) is 4.98 Å². The van der Waals surface area contributed by atoms with E-state index in [2.05, 4.69) is 10.3 Å². The van der Waals surface area contributed by atoms with Crippen LogP contribution in [-0.4, -0.2) is 33.6 Å². The lowest BCUT2D eigenvalue weighted by molar-refractivity contribution is -0.384. The van der Waals surface area contributed by atoms with Crippen LogP contribution in [0.1, 0.15) is 19.5 Å². The topological polar surface area (TPSA) is 111 Å². The number of thiazole rings is 1. The van der Waals surface area contributed by atoms with E-state index < -0.39 is 10.2 Å². The Morgan fingerprint density at radius 2 is 2.22 bits per heavy atom. The molecular formula is C16H16ClN3O5S2. The van der Waals surface area contributed by atoms with Gasteiger partial charge in [0.25, 0.3) is 5.69 Å². The minimum atomic E-state index is -0.563. The minimum absolute atomic E-state index is 0.0840. The first kappa shape index (κ1) is 21.1. The number of hydrogen-bond donors (Lipinski definition) is 1. The number of carbonyl (C=O) groups excluding carboxylic acids is 2. The molecule has 11 heteroatoms. The minimum Gasteiger partial charge on any atom is -0.466 e. The number of nitrogens with zero attached hydrogens (tertiary/aromatic N) is 2. The molecule has 27 heavy (non-hydrogen) atoms. The number of ether oxygens (including phenoxy) is 1. The van der Waals surface area contributed by atoms with Crippen LogP contribution in [0.15, 0.2) is 27.9 Å². The van der Waals surface area contributed by atoms with Crippen molar-refractivity contribution in [2.24, 2.45) is 0 Å². The van der Waals surface area contributed by atoms with E-state index in [0.717, 1.165) is 0 Å². The van der Waals surface area contributed by atoms with Gasteiger partial charge < -0.3 is 10.1 Å². The van der Waals surface area contributed by atoms with Crippen molar-refractivity contribution in [3.05, 3.63) is 44.4 Å². The maximum atomic E-state index is 12.3. The van der Waals surface area contributed by atoms with Crippen LogP contribution < -0.4 is 5.32 Å². The molecule has 1 N–H and O–H groups in total. The van der Waals surface area contributed by atoms with Gasteiger partial charge in [0.1, 0.15) is 0 Å². The van der Waals surface area contributed by atoms with Gasteiger partial charge >= 0.3 is 5.97 Å². The van der Waals surface area contributed by atoms with Crippen molar-refractivity contribution < 1.29 is 19.2 Å². The largest absolute Gasteiger partial charge is 0.466 e. The lowest BCUT2D eigenvalue weighted by Crippen LogP contribution is -2.22. The summed E-state index contributed by atoms with van der Waals surface area (Å²) in [6, 6.07) is 3.83. The van der Waals surface area contributed by atoms with Crippen LogP contribution in [-0.2, 0) is 20.7 Å². The highest BCUT2D eigenvalue weighted by Gasteiger charge is 2.19. The number of non-ortho nitro benzene ring substituents is 1. The smallest absolute Gasteiger partial charge is 0.311 e. The first-order valence-electron chi connectivity index (χ1n) is 7.81. The van der Waals surface area contributed by atoms with E-state index in [4.69, 9.17) is 16.3 Å². The predicted octanol–water partition coefficient (Wildman–Crippen LogP) is 3.93. The second-order valence-electron chi connectivity index (χ2n) is 5.26. The molecule has 1 amide bonds. The Balaban J connectivity index is 1.95. The van der Waals surface area contributed by atoms with Crippen molar-refractivity contribution in [2.45, 2.75) is 29.9 Å². The fourth-order valence-corrected chi connectivity index (χ4v) is 4.14. The van der Waals surface area contributed by atoms with Crippen molar-refractivity contribution in [3.8, 4) is 0 Å². The lowest BCUT2D eigenvalue weighted by Gasteiger charge is -2.11. The van der Waals surface area contributed by atoms with E-state index in [9.17, 15) is 19.7 Å². The maximum Gasteiger partial charge on any atom is 0.311 e. The second-order valence-corrected chi connectivity index (χ2v) is 8.11. The van der Waals surface area contributed by atoms with Crippen molar-refractivity contribution in [2.75, 3.05) is 11.9 Å². The fourth-order valence-electron chi connectivity index (χ4n) is 1.94. The summed E-state index contributed by atoms with van der Waals surface area (Å²) in [7, 11) is 0. The molecule has 2 aromatic rings. The Morgan fingerprint density at radius 3 is 2.85 bits per heavy atom. The monoisotopic (exact) mass is 429 g/mol. The number of aromatic nitrogens is 1. The fraction of sp³-hybridized carbons (Fsp3) is 0.312. The normalized spacial score (nSPS) is 11.7. The summed E-state index contributed by atoms with van der Waals surface area (Å²) in [6.07, 6.45) is 0.0872. The molecule has 0 aliphatic carbocycles. The van der Waals surface area contributed by atoms with Crippen LogP contribution in [0.5, 0.6) is 0 Å². The Morgan fingerprint density at radius 1 is 1.48 bits per heavy atom. The summed E-state index contributed by atoms with van der Waals surface area (Å²) in [5.41, 5.74) is 0.728. The highest BCUT2D eigenvalue weighted by Crippen LogP contribution is 2.30. The molecule has 0 saturated heterocycles. The maximum absolute atomic E-state index is 12.3. The molecular weight excluding hydrogens is 414 g/mol. The SMILES string of the molecule is CCOC(=O)Cc1csc(SC(C)C(=O)Nc2ccc([N+](=O)[O-])cc2Cl)n1. The van der Waals surface area contributed by atoms with Gasteiger partial charge in [-0.1, -0.05) is 23.4 Å². The van der Waals surface area contributed by atoms with Gasteiger partial charge in [-0.05, 0) is 19.9 Å². The number of thioether (sulfide) groups is 1. The number of halogens is 1. The van der Waals surface area contributed by atoms with E-state index in [0.29, 0.717) is 22.3 Å². The molecule has 144 valence electrons. The molecule has 1 heterocycles. The van der Waals surface area contributed by atoms with Crippen LogP contribution in [0.4, 0.5) is 11.4 Å². The standard InChI is InChI=1S/C16H16ClN3O5S2/c1-3-25-14(21)6-10-8-26-16(18-10)27-9(2)15(22)19-13-5-4-11(20(23)24)7-12(13)17/h4-5,7-9H,3,6H2,1-2H3,(H,19,22). The van der Waals surface area contributed by atoms with E-state index in [1.807, 2.05) is 0 Å². The average Bonchev–Trinajstić information content (AvgIpc) is 3.03. The van der Waals surface area contributed by atoms with Gasteiger partial charge in [-0.3, -0.25) is 19.7 Å². The third kappa shape index (κ3) is 6.19. The second kappa shape index (κ2) is 9.67. The van der Waals surface area contributed by atoms with Crippen molar-refractivity contribution in [3.63, 3.8) is 0 Å². The molecule has 0 aliphatic rings. The van der Waals surface area contributed by atoms with Gasteiger partial charge in [-0.15, -0.1) is 11.3 Å². The van der Waals surface area contributed by atoms with Crippen LogP contribution in [0.25, 0.3) is 0 Å². The number of nitro groups is 1. The third-order valence-electron chi connectivity index (χ3n) is 3.23.